The number of nitrogens with one attached hydrogen (secondary N) is 2. The van der Waals surface area contributed by atoms with Crippen LogP contribution >= 0.6 is 11.3 Å². The Bertz CT molecular complexity index is 795. The molecule has 0 saturated carbocycles. The lowest BCUT2D eigenvalue weighted by atomic mass is 10.2. The van der Waals surface area contributed by atoms with Gasteiger partial charge in [0.2, 0.25) is 5.91 Å². The minimum Gasteiger partial charge on any atom is -0.472 e. The van der Waals surface area contributed by atoms with E-state index in [4.69, 9.17) is 4.42 Å². The largest absolute Gasteiger partial charge is 0.472 e. The lowest BCUT2D eigenvalue weighted by molar-refractivity contribution is -0.115. The topological polar surface area (TPSA) is 71.3 Å². The van der Waals surface area contributed by atoms with Gasteiger partial charge in [0.1, 0.15) is 6.26 Å². The molecule has 0 aliphatic rings. The van der Waals surface area contributed by atoms with E-state index in [1.807, 2.05) is 17.5 Å². The van der Waals surface area contributed by atoms with Gasteiger partial charge in [-0.05, 0) is 29.6 Å². The van der Waals surface area contributed by atoms with E-state index in [2.05, 4.69) is 10.6 Å². The van der Waals surface area contributed by atoms with Gasteiger partial charge in [0, 0.05) is 4.88 Å². The molecule has 3 rings (SSSR count). The molecule has 0 atom stereocenters. The molecular weight excluding hydrogens is 312 g/mol. The van der Waals surface area contributed by atoms with Gasteiger partial charge in [0.25, 0.3) is 5.91 Å². The standard InChI is InChI=1S/C17H14N2O3S/c20-16(10-13-4-3-9-23-13)18-14-5-1-2-6-15(14)19-17(21)12-7-8-22-11-12/h1-9,11H,10H2,(H,18,20)(H,19,21). The Morgan fingerprint density at radius 3 is 2.43 bits per heavy atom. The molecule has 116 valence electrons. The van der Waals surface area contributed by atoms with Crippen molar-refractivity contribution >= 4 is 34.5 Å². The summed E-state index contributed by atoms with van der Waals surface area (Å²) in [6, 6.07) is 12.5. The molecule has 2 N–H and O–H groups in total. The van der Waals surface area contributed by atoms with Crippen molar-refractivity contribution in [2.24, 2.45) is 0 Å². The fraction of sp³-hybridized carbons (Fsp3) is 0.0588. The van der Waals surface area contributed by atoms with Crippen LogP contribution < -0.4 is 10.6 Å². The summed E-state index contributed by atoms with van der Waals surface area (Å²) in [7, 11) is 0. The molecule has 6 heteroatoms. The molecule has 2 amide bonds. The van der Waals surface area contributed by atoms with Crippen molar-refractivity contribution in [3.8, 4) is 0 Å². The molecule has 0 radical (unpaired) electrons. The van der Waals surface area contributed by atoms with Gasteiger partial charge in [0.15, 0.2) is 0 Å². The van der Waals surface area contributed by atoms with E-state index >= 15 is 0 Å². The summed E-state index contributed by atoms with van der Waals surface area (Å²) in [5.74, 6) is -0.420. The van der Waals surface area contributed by atoms with Gasteiger partial charge in [-0.3, -0.25) is 9.59 Å². The number of para-hydroxylation sites is 2. The number of benzene rings is 1. The van der Waals surface area contributed by atoms with E-state index in [0.717, 1.165) is 4.88 Å². The number of rotatable bonds is 5. The van der Waals surface area contributed by atoms with Crippen LogP contribution in [0, 0.1) is 0 Å². The molecule has 0 aliphatic heterocycles. The summed E-state index contributed by atoms with van der Waals surface area (Å²) in [6.07, 6.45) is 3.11. The number of carbonyl (C=O) groups excluding carboxylic acids is 2. The summed E-state index contributed by atoms with van der Waals surface area (Å²) < 4.78 is 4.90. The van der Waals surface area contributed by atoms with Crippen LogP contribution in [0.5, 0.6) is 0 Å². The summed E-state index contributed by atoms with van der Waals surface area (Å²) in [5, 5.41) is 7.53. The SMILES string of the molecule is O=C(Cc1cccs1)Nc1ccccc1NC(=O)c1ccoc1. The van der Waals surface area contributed by atoms with Crippen LogP contribution in [0.1, 0.15) is 15.2 Å². The van der Waals surface area contributed by atoms with Crippen molar-refractivity contribution in [3.05, 3.63) is 70.8 Å². The van der Waals surface area contributed by atoms with Crippen LogP contribution in [0.2, 0.25) is 0 Å². The van der Waals surface area contributed by atoms with Crippen LogP contribution in [0.25, 0.3) is 0 Å². The van der Waals surface area contributed by atoms with Crippen LogP contribution in [0.4, 0.5) is 11.4 Å². The molecule has 23 heavy (non-hydrogen) atoms. The highest BCUT2D eigenvalue weighted by Gasteiger charge is 2.12. The summed E-state index contributed by atoms with van der Waals surface area (Å²) in [4.78, 5) is 25.2. The highest BCUT2D eigenvalue weighted by Crippen LogP contribution is 2.22. The third-order valence-electron chi connectivity index (χ3n) is 3.15. The number of anilines is 2. The maximum atomic E-state index is 12.1. The Kier molecular flexibility index (Phi) is 4.54. The van der Waals surface area contributed by atoms with Crippen molar-refractivity contribution in [2.45, 2.75) is 6.42 Å². The van der Waals surface area contributed by atoms with E-state index in [0.29, 0.717) is 23.4 Å². The quantitative estimate of drug-likeness (QED) is 0.749. The third kappa shape index (κ3) is 3.87. The van der Waals surface area contributed by atoms with Crippen molar-refractivity contribution in [1.82, 2.24) is 0 Å². The zero-order valence-electron chi connectivity index (χ0n) is 12.1. The zero-order chi connectivity index (χ0) is 16.1. The summed E-state index contributed by atoms with van der Waals surface area (Å²) >= 11 is 1.53. The van der Waals surface area contributed by atoms with Crippen LogP contribution in [0.3, 0.4) is 0 Å². The first-order chi connectivity index (χ1) is 11.2. The van der Waals surface area contributed by atoms with Gasteiger partial charge in [-0.1, -0.05) is 18.2 Å². The fourth-order valence-corrected chi connectivity index (χ4v) is 2.76. The zero-order valence-corrected chi connectivity index (χ0v) is 12.9. The van der Waals surface area contributed by atoms with Crippen LogP contribution in [-0.2, 0) is 11.2 Å². The molecular formula is C17H14N2O3S. The second-order valence-electron chi connectivity index (χ2n) is 4.82. The van der Waals surface area contributed by atoms with Gasteiger partial charge in [-0.15, -0.1) is 11.3 Å². The molecule has 3 aromatic rings. The van der Waals surface area contributed by atoms with Crippen molar-refractivity contribution in [3.63, 3.8) is 0 Å². The average molecular weight is 326 g/mol. The lowest BCUT2D eigenvalue weighted by Gasteiger charge is -2.11. The van der Waals surface area contributed by atoms with E-state index in [-0.39, 0.29) is 11.8 Å². The molecule has 0 bridgehead atoms. The number of carbonyl (C=O) groups is 2. The molecule has 5 nitrogen and oxygen atoms in total. The Balaban J connectivity index is 1.70. The van der Waals surface area contributed by atoms with Gasteiger partial charge in [-0.2, -0.15) is 0 Å². The Morgan fingerprint density at radius 2 is 1.78 bits per heavy atom. The number of thiophene rings is 1. The van der Waals surface area contributed by atoms with Crippen molar-refractivity contribution in [2.75, 3.05) is 10.6 Å². The number of hydrogen-bond acceptors (Lipinski definition) is 4. The van der Waals surface area contributed by atoms with Crippen molar-refractivity contribution in [1.29, 1.82) is 0 Å². The van der Waals surface area contributed by atoms with E-state index in [1.165, 1.54) is 23.9 Å². The van der Waals surface area contributed by atoms with Gasteiger partial charge >= 0.3 is 0 Å². The second-order valence-corrected chi connectivity index (χ2v) is 5.85. The normalized spacial score (nSPS) is 10.3. The number of furan rings is 1. The maximum absolute atomic E-state index is 12.1. The third-order valence-corrected chi connectivity index (χ3v) is 4.02. The van der Waals surface area contributed by atoms with E-state index < -0.39 is 0 Å². The van der Waals surface area contributed by atoms with E-state index in [9.17, 15) is 9.59 Å². The van der Waals surface area contributed by atoms with Crippen LogP contribution in [0.15, 0.2) is 64.8 Å². The lowest BCUT2D eigenvalue weighted by Crippen LogP contribution is -2.17. The first-order valence-electron chi connectivity index (χ1n) is 6.97. The fourth-order valence-electron chi connectivity index (χ4n) is 2.06. The first kappa shape index (κ1) is 15.1. The van der Waals surface area contributed by atoms with E-state index in [1.54, 1.807) is 30.3 Å². The number of hydrogen-bond donors (Lipinski definition) is 2. The minimum atomic E-state index is -0.293. The molecule has 0 saturated heterocycles. The predicted molar refractivity (Wildman–Crippen MR) is 89.8 cm³/mol. The first-order valence-corrected chi connectivity index (χ1v) is 7.85. The highest BCUT2D eigenvalue weighted by molar-refractivity contribution is 7.10. The van der Waals surface area contributed by atoms with Gasteiger partial charge < -0.3 is 15.1 Å². The molecule has 0 unspecified atom stereocenters. The molecule has 1 aromatic carbocycles. The molecule has 2 heterocycles. The van der Waals surface area contributed by atoms with Crippen molar-refractivity contribution < 1.29 is 14.0 Å². The van der Waals surface area contributed by atoms with Gasteiger partial charge in [0.05, 0.1) is 29.6 Å². The van der Waals surface area contributed by atoms with Crippen LogP contribution in [-0.4, -0.2) is 11.8 Å². The Labute approximate surface area is 136 Å². The summed E-state index contributed by atoms with van der Waals surface area (Å²) in [6.45, 7) is 0. The molecule has 0 spiro atoms. The minimum absolute atomic E-state index is 0.127. The summed E-state index contributed by atoms with van der Waals surface area (Å²) in [5.41, 5.74) is 1.52. The molecule has 0 fully saturated rings. The second kappa shape index (κ2) is 6.93. The average Bonchev–Trinajstić information content (AvgIpc) is 3.22. The Hall–Kier alpha value is -2.86. The molecule has 2 aromatic heterocycles. The monoisotopic (exact) mass is 326 g/mol. The van der Waals surface area contributed by atoms with Gasteiger partial charge in [-0.25, -0.2) is 0 Å². The highest BCUT2D eigenvalue weighted by atomic mass is 32.1. The smallest absolute Gasteiger partial charge is 0.258 e. The predicted octanol–water partition coefficient (Wildman–Crippen LogP) is 3.77. The Morgan fingerprint density at radius 1 is 1.00 bits per heavy atom. The maximum Gasteiger partial charge on any atom is 0.258 e. The number of amides is 2. The molecule has 0 aliphatic carbocycles.